The largest absolute Gasteiger partial charge is 0.352 e. The Morgan fingerprint density at radius 1 is 1.47 bits per heavy atom. The minimum atomic E-state index is -0.0463. The predicted molar refractivity (Wildman–Crippen MR) is 78.1 cm³/mol. The van der Waals surface area contributed by atoms with E-state index >= 15 is 0 Å². The SMILES string of the molecule is Cc1ccc(Br)c(C(=O)NCCCc2ncc[nH]2)c1. The molecular formula is C14H16BrN3O. The molecule has 1 heterocycles. The van der Waals surface area contributed by atoms with Crippen LogP contribution >= 0.6 is 15.9 Å². The molecule has 0 atom stereocenters. The van der Waals surface area contributed by atoms with Crippen LogP contribution < -0.4 is 5.32 Å². The number of H-pyrrole nitrogens is 1. The Bertz CT molecular complexity index is 552. The summed E-state index contributed by atoms with van der Waals surface area (Å²) >= 11 is 3.40. The van der Waals surface area contributed by atoms with Gasteiger partial charge in [0.1, 0.15) is 5.82 Å². The average Bonchev–Trinajstić information content (AvgIpc) is 2.90. The van der Waals surface area contributed by atoms with Crippen molar-refractivity contribution in [2.75, 3.05) is 6.54 Å². The van der Waals surface area contributed by atoms with Crippen LogP contribution in [0.4, 0.5) is 0 Å². The van der Waals surface area contributed by atoms with Crippen molar-refractivity contribution in [3.63, 3.8) is 0 Å². The summed E-state index contributed by atoms with van der Waals surface area (Å²) in [5.41, 5.74) is 1.75. The molecule has 1 aromatic heterocycles. The van der Waals surface area contributed by atoms with Crippen molar-refractivity contribution in [3.05, 3.63) is 52.0 Å². The van der Waals surface area contributed by atoms with Gasteiger partial charge in [-0.1, -0.05) is 11.6 Å². The summed E-state index contributed by atoms with van der Waals surface area (Å²) < 4.78 is 0.821. The Kier molecular flexibility index (Phi) is 4.74. The van der Waals surface area contributed by atoms with Crippen LogP contribution in [0, 0.1) is 6.92 Å². The Labute approximate surface area is 120 Å². The van der Waals surface area contributed by atoms with Crippen LogP contribution in [0.25, 0.3) is 0 Å². The van der Waals surface area contributed by atoms with Crippen LogP contribution in [0.3, 0.4) is 0 Å². The number of amides is 1. The van der Waals surface area contributed by atoms with Crippen molar-refractivity contribution in [2.24, 2.45) is 0 Å². The van der Waals surface area contributed by atoms with Crippen molar-refractivity contribution in [2.45, 2.75) is 19.8 Å². The molecule has 2 aromatic rings. The molecule has 19 heavy (non-hydrogen) atoms. The van der Waals surface area contributed by atoms with Crippen molar-refractivity contribution in [3.8, 4) is 0 Å². The maximum Gasteiger partial charge on any atom is 0.252 e. The van der Waals surface area contributed by atoms with E-state index in [1.165, 1.54) is 0 Å². The van der Waals surface area contributed by atoms with Crippen molar-refractivity contribution in [1.82, 2.24) is 15.3 Å². The molecule has 1 aromatic carbocycles. The summed E-state index contributed by atoms with van der Waals surface area (Å²) in [6.07, 6.45) is 5.24. The van der Waals surface area contributed by atoms with Gasteiger partial charge in [-0.3, -0.25) is 4.79 Å². The molecule has 1 amide bonds. The number of aryl methyl sites for hydroxylation is 2. The van der Waals surface area contributed by atoms with E-state index in [9.17, 15) is 4.79 Å². The fourth-order valence-electron chi connectivity index (χ4n) is 1.80. The van der Waals surface area contributed by atoms with Gasteiger partial charge in [-0.05, 0) is 41.4 Å². The number of aromatic nitrogens is 2. The zero-order valence-electron chi connectivity index (χ0n) is 10.7. The predicted octanol–water partition coefficient (Wildman–Crippen LogP) is 2.84. The van der Waals surface area contributed by atoms with E-state index < -0.39 is 0 Å². The van der Waals surface area contributed by atoms with Gasteiger partial charge < -0.3 is 10.3 Å². The quantitative estimate of drug-likeness (QED) is 0.832. The van der Waals surface area contributed by atoms with E-state index in [0.29, 0.717) is 12.1 Å². The summed E-state index contributed by atoms with van der Waals surface area (Å²) in [6.45, 7) is 2.61. The lowest BCUT2D eigenvalue weighted by molar-refractivity contribution is 0.0952. The van der Waals surface area contributed by atoms with E-state index in [4.69, 9.17) is 0 Å². The summed E-state index contributed by atoms with van der Waals surface area (Å²) in [5, 5.41) is 2.92. The number of carbonyl (C=O) groups is 1. The zero-order chi connectivity index (χ0) is 13.7. The lowest BCUT2D eigenvalue weighted by Gasteiger charge is -2.07. The van der Waals surface area contributed by atoms with E-state index in [1.807, 2.05) is 25.1 Å². The molecule has 0 saturated carbocycles. The van der Waals surface area contributed by atoms with Gasteiger partial charge in [0.05, 0.1) is 5.56 Å². The zero-order valence-corrected chi connectivity index (χ0v) is 12.3. The van der Waals surface area contributed by atoms with E-state index in [-0.39, 0.29) is 5.91 Å². The summed E-state index contributed by atoms with van der Waals surface area (Å²) in [6, 6.07) is 5.75. The Morgan fingerprint density at radius 3 is 3.05 bits per heavy atom. The van der Waals surface area contributed by atoms with Gasteiger partial charge in [0.25, 0.3) is 5.91 Å². The number of rotatable bonds is 5. The second-order valence-corrected chi connectivity index (χ2v) is 5.23. The Hall–Kier alpha value is -1.62. The second kappa shape index (κ2) is 6.52. The number of halogens is 1. The topological polar surface area (TPSA) is 57.8 Å². The highest BCUT2D eigenvalue weighted by Crippen LogP contribution is 2.17. The third-order valence-corrected chi connectivity index (χ3v) is 3.49. The molecule has 0 bridgehead atoms. The van der Waals surface area contributed by atoms with E-state index in [2.05, 4.69) is 31.2 Å². The van der Waals surface area contributed by atoms with Gasteiger partial charge in [-0.2, -0.15) is 0 Å². The van der Waals surface area contributed by atoms with E-state index in [1.54, 1.807) is 12.4 Å². The Morgan fingerprint density at radius 2 is 2.32 bits per heavy atom. The van der Waals surface area contributed by atoms with Crippen LogP contribution in [-0.4, -0.2) is 22.4 Å². The number of hydrogen-bond acceptors (Lipinski definition) is 2. The minimum absolute atomic E-state index is 0.0463. The number of nitrogens with one attached hydrogen (secondary N) is 2. The van der Waals surface area contributed by atoms with Crippen LogP contribution in [0.15, 0.2) is 35.1 Å². The molecule has 0 unspecified atom stereocenters. The summed E-state index contributed by atoms with van der Waals surface area (Å²) in [7, 11) is 0. The first-order valence-corrected chi connectivity index (χ1v) is 6.99. The van der Waals surface area contributed by atoms with Crippen LogP contribution in [0.5, 0.6) is 0 Å². The number of nitrogens with zero attached hydrogens (tertiary/aromatic N) is 1. The highest BCUT2D eigenvalue weighted by atomic mass is 79.9. The molecule has 2 N–H and O–H groups in total. The van der Waals surface area contributed by atoms with Gasteiger partial charge in [-0.15, -0.1) is 0 Å². The summed E-state index contributed by atoms with van der Waals surface area (Å²) in [5.74, 6) is 0.904. The lowest BCUT2D eigenvalue weighted by Crippen LogP contribution is -2.25. The Balaban J connectivity index is 1.82. The second-order valence-electron chi connectivity index (χ2n) is 4.38. The minimum Gasteiger partial charge on any atom is -0.352 e. The first-order valence-electron chi connectivity index (χ1n) is 6.19. The maximum absolute atomic E-state index is 12.0. The van der Waals surface area contributed by atoms with Crippen molar-refractivity contribution < 1.29 is 4.79 Å². The lowest BCUT2D eigenvalue weighted by atomic mass is 10.1. The molecule has 0 aliphatic heterocycles. The molecule has 2 rings (SSSR count). The number of hydrogen-bond donors (Lipinski definition) is 2. The smallest absolute Gasteiger partial charge is 0.252 e. The molecule has 0 radical (unpaired) electrons. The van der Waals surface area contributed by atoms with Crippen molar-refractivity contribution >= 4 is 21.8 Å². The number of imidazole rings is 1. The molecule has 100 valence electrons. The van der Waals surface area contributed by atoms with E-state index in [0.717, 1.165) is 28.7 Å². The van der Waals surface area contributed by atoms with Gasteiger partial charge in [-0.25, -0.2) is 4.98 Å². The highest BCUT2D eigenvalue weighted by molar-refractivity contribution is 9.10. The molecule has 0 fully saturated rings. The molecule has 0 aliphatic carbocycles. The first kappa shape index (κ1) is 13.8. The molecule has 0 spiro atoms. The normalized spacial score (nSPS) is 10.4. The third-order valence-electron chi connectivity index (χ3n) is 2.80. The van der Waals surface area contributed by atoms with Gasteiger partial charge >= 0.3 is 0 Å². The highest BCUT2D eigenvalue weighted by Gasteiger charge is 2.09. The van der Waals surface area contributed by atoms with Crippen LogP contribution in [0.2, 0.25) is 0 Å². The maximum atomic E-state index is 12.0. The number of aromatic amines is 1. The van der Waals surface area contributed by atoms with Crippen LogP contribution in [0.1, 0.15) is 28.2 Å². The fraction of sp³-hybridized carbons (Fsp3) is 0.286. The molecule has 0 saturated heterocycles. The van der Waals surface area contributed by atoms with Gasteiger partial charge in [0.15, 0.2) is 0 Å². The summed E-state index contributed by atoms with van der Waals surface area (Å²) in [4.78, 5) is 19.2. The average molecular weight is 322 g/mol. The fourth-order valence-corrected chi connectivity index (χ4v) is 2.23. The van der Waals surface area contributed by atoms with Crippen molar-refractivity contribution in [1.29, 1.82) is 0 Å². The number of carbonyl (C=O) groups excluding carboxylic acids is 1. The van der Waals surface area contributed by atoms with Gasteiger partial charge in [0, 0.05) is 29.8 Å². The van der Waals surface area contributed by atoms with Crippen LogP contribution in [-0.2, 0) is 6.42 Å². The molecular weight excluding hydrogens is 306 g/mol. The first-order chi connectivity index (χ1) is 9.16. The third kappa shape index (κ3) is 3.92. The molecule has 0 aliphatic rings. The molecule has 4 nitrogen and oxygen atoms in total. The molecule has 5 heteroatoms. The standard InChI is InChI=1S/C14H16BrN3O/c1-10-4-5-12(15)11(9-10)14(19)18-6-2-3-13-16-7-8-17-13/h4-5,7-9H,2-3,6H2,1H3,(H,16,17)(H,18,19). The monoisotopic (exact) mass is 321 g/mol. The number of benzene rings is 1. The van der Waals surface area contributed by atoms with Gasteiger partial charge in [0.2, 0.25) is 0 Å².